The van der Waals surface area contributed by atoms with Crippen LogP contribution in [-0.2, 0) is 16.0 Å². The average Bonchev–Trinajstić information content (AvgIpc) is 2.41. The second-order valence-corrected chi connectivity index (χ2v) is 4.54. The van der Waals surface area contributed by atoms with Gasteiger partial charge in [-0.1, -0.05) is 30.3 Å². The topological polar surface area (TPSA) is 41.6 Å². The zero-order valence-electron chi connectivity index (χ0n) is 10.8. The molecule has 98 valence electrons. The summed E-state index contributed by atoms with van der Waals surface area (Å²) in [6.07, 6.45) is 0.857. The molecule has 1 unspecified atom stereocenters. The first-order chi connectivity index (χ1) is 8.81. The Morgan fingerprint density at radius 2 is 2.22 bits per heavy atom. The molecule has 0 radical (unpaired) electrons. The molecule has 0 spiro atoms. The predicted molar refractivity (Wildman–Crippen MR) is 70.4 cm³/mol. The summed E-state index contributed by atoms with van der Waals surface area (Å²) in [5, 5.41) is 2.92. The van der Waals surface area contributed by atoms with Crippen molar-refractivity contribution >= 4 is 5.91 Å². The molecule has 0 bridgehead atoms. The molecule has 1 aromatic rings. The van der Waals surface area contributed by atoms with E-state index in [4.69, 9.17) is 4.74 Å². The molecular formula is C14H20N2O2. The number of rotatable bonds is 4. The van der Waals surface area contributed by atoms with Crippen LogP contribution >= 0.6 is 0 Å². The van der Waals surface area contributed by atoms with Crippen molar-refractivity contribution in [3.8, 4) is 0 Å². The zero-order valence-corrected chi connectivity index (χ0v) is 10.8. The normalized spacial score (nSPS) is 19.8. The van der Waals surface area contributed by atoms with E-state index in [1.54, 1.807) is 7.05 Å². The Kier molecular flexibility index (Phi) is 4.73. The van der Waals surface area contributed by atoms with Crippen LogP contribution in [0.25, 0.3) is 0 Å². The van der Waals surface area contributed by atoms with Crippen LogP contribution in [0.15, 0.2) is 30.3 Å². The lowest BCUT2D eigenvalue weighted by Gasteiger charge is -2.35. The molecule has 0 saturated carbocycles. The summed E-state index contributed by atoms with van der Waals surface area (Å²) in [5.74, 6) is 0.154. The second kappa shape index (κ2) is 6.52. The molecule has 2 rings (SSSR count). The Morgan fingerprint density at radius 3 is 2.94 bits per heavy atom. The first-order valence-corrected chi connectivity index (χ1v) is 6.37. The van der Waals surface area contributed by atoms with Gasteiger partial charge in [0, 0.05) is 6.54 Å². The van der Waals surface area contributed by atoms with Gasteiger partial charge in [-0.15, -0.1) is 0 Å². The highest BCUT2D eigenvalue weighted by Gasteiger charge is 2.26. The van der Waals surface area contributed by atoms with Crippen molar-refractivity contribution in [3.05, 3.63) is 35.9 Å². The Morgan fingerprint density at radius 1 is 1.44 bits per heavy atom. The molecule has 1 fully saturated rings. The number of ether oxygens (including phenoxy) is 1. The fraction of sp³-hybridized carbons (Fsp3) is 0.500. The maximum atomic E-state index is 12.0. The van der Waals surface area contributed by atoms with Gasteiger partial charge in [-0.3, -0.25) is 4.79 Å². The van der Waals surface area contributed by atoms with E-state index in [1.807, 2.05) is 23.1 Å². The standard InChI is InChI=1S/C14H20N2O2/c1-15-10-14(17)16-7-8-18-11-13(16)9-12-5-3-2-4-6-12/h2-6,13,15H,7-11H2,1H3. The summed E-state index contributed by atoms with van der Waals surface area (Å²) in [4.78, 5) is 13.9. The van der Waals surface area contributed by atoms with Crippen LogP contribution < -0.4 is 5.32 Å². The van der Waals surface area contributed by atoms with Gasteiger partial charge in [0.15, 0.2) is 0 Å². The van der Waals surface area contributed by atoms with Crippen molar-refractivity contribution in [2.24, 2.45) is 0 Å². The third-order valence-electron chi connectivity index (χ3n) is 3.19. The number of carbonyl (C=O) groups excluding carboxylic acids is 1. The quantitative estimate of drug-likeness (QED) is 0.852. The molecule has 4 heteroatoms. The van der Waals surface area contributed by atoms with E-state index in [-0.39, 0.29) is 11.9 Å². The summed E-state index contributed by atoms with van der Waals surface area (Å²) < 4.78 is 5.50. The smallest absolute Gasteiger partial charge is 0.236 e. The number of hydrogen-bond donors (Lipinski definition) is 1. The predicted octanol–water partition coefficient (Wildman–Crippen LogP) is 0.676. The minimum absolute atomic E-state index is 0.154. The summed E-state index contributed by atoms with van der Waals surface area (Å²) in [5.41, 5.74) is 1.25. The van der Waals surface area contributed by atoms with Gasteiger partial charge in [0.05, 0.1) is 25.8 Å². The lowest BCUT2D eigenvalue weighted by Crippen LogP contribution is -2.51. The number of benzene rings is 1. The molecule has 0 aromatic heterocycles. The van der Waals surface area contributed by atoms with E-state index < -0.39 is 0 Å². The summed E-state index contributed by atoms with van der Waals surface area (Å²) >= 11 is 0. The first kappa shape index (κ1) is 13.1. The van der Waals surface area contributed by atoms with E-state index in [0.717, 1.165) is 6.42 Å². The molecule has 1 aromatic carbocycles. The third kappa shape index (κ3) is 3.31. The number of morpholine rings is 1. The summed E-state index contributed by atoms with van der Waals surface area (Å²) in [6.45, 7) is 2.36. The maximum absolute atomic E-state index is 12.0. The monoisotopic (exact) mass is 248 g/mol. The minimum Gasteiger partial charge on any atom is -0.377 e. The second-order valence-electron chi connectivity index (χ2n) is 4.54. The van der Waals surface area contributed by atoms with Gasteiger partial charge in [0.1, 0.15) is 0 Å². The molecular weight excluding hydrogens is 228 g/mol. The fourth-order valence-electron chi connectivity index (χ4n) is 2.29. The van der Waals surface area contributed by atoms with Gasteiger partial charge in [-0.25, -0.2) is 0 Å². The summed E-state index contributed by atoms with van der Waals surface area (Å²) in [7, 11) is 1.80. The van der Waals surface area contributed by atoms with E-state index in [0.29, 0.717) is 26.3 Å². The van der Waals surface area contributed by atoms with Crippen molar-refractivity contribution < 1.29 is 9.53 Å². The highest BCUT2D eigenvalue weighted by molar-refractivity contribution is 5.78. The molecule has 18 heavy (non-hydrogen) atoms. The van der Waals surface area contributed by atoms with Crippen molar-refractivity contribution in [3.63, 3.8) is 0 Å². The van der Waals surface area contributed by atoms with Gasteiger partial charge in [-0.2, -0.15) is 0 Å². The molecule has 1 aliphatic rings. The zero-order chi connectivity index (χ0) is 12.8. The number of nitrogens with one attached hydrogen (secondary N) is 1. The first-order valence-electron chi connectivity index (χ1n) is 6.37. The molecule has 1 N–H and O–H groups in total. The molecule has 1 saturated heterocycles. The number of likely N-dealkylation sites (N-methyl/N-ethyl adjacent to an activating group) is 1. The average molecular weight is 248 g/mol. The van der Waals surface area contributed by atoms with Crippen LogP contribution in [0.2, 0.25) is 0 Å². The third-order valence-corrected chi connectivity index (χ3v) is 3.19. The van der Waals surface area contributed by atoms with Gasteiger partial charge < -0.3 is 15.0 Å². The number of hydrogen-bond acceptors (Lipinski definition) is 3. The van der Waals surface area contributed by atoms with Crippen LogP contribution in [0, 0.1) is 0 Å². The number of carbonyl (C=O) groups is 1. The van der Waals surface area contributed by atoms with Crippen LogP contribution in [0.4, 0.5) is 0 Å². The van der Waals surface area contributed by atoms with E-state index >= 15 is 0 Å². The Hall–Kier alpha value is -1.39. The number of nitrogens with zero attached hydrogens (tertiary/aromatic N) is 1. The van der Waals surface area contributed by atoms with Gasteiger partial charge in [0.2, 0.25) is 5.91 Å². The Labute approximate surface area is 108 Å². The molecule has 0 aliphatic carbocycles. The van der Waals surface area contributed by atoms with Crippen molar-refractivity contribution in [2.75, 3.05) is 33.4 Å². The minimum atomic E-state index is 0.154. The van der Waals surface area contributed by atoms with Crippen molar-refractivity contribution in [2.45, 2.75) is 12.5 Å². The van der Waals surface area contributed by atoms with E-state index in [2.05, 4.69) is 17.4 Å². The SMILES string of the molecule is CNCC(=O)N1CCOCC1Cc1ccccc1. The van der Waals surface area contributed by atoms with Crippen LogP contribution in [0.1, 0.15) is 5.56 Å². The lowest BCUT2D eigenvalue weighted by molar-refractivity contribution is -0.138. The van der Waals surface area contributed by atoms with Crippen LogP contribution in [0.5, 0.6) is 0 Å². The van der Waals surface area contributed by atoms with Crippen molar-refractivity contribution in [1.82, 2.24) is 10.2 Å². The highest BCUT2D eigenvalue weighted by Crippen LogP contribution is 2.13. The van der Waals surface area contributed by atoms with Gasteiger partial charge in [-0.05, 0) is 19.0 Å². The van der Waals surface area contributed by atoms with E-state index in [1.165, 1.54) is 5.56 Å². The molecule has 4 nitrogen and oxygen atoms in total. The van der Waals surface area contributed by atoms with Gasteiger partial charge >= 0.3 is 0 Å². The van der Waals surface area contributed by atoms with E-state index in [9.17, 15) is 4.79 Å². The molecule has 1 aliphatic heterocycles. The lowest BCUT2D eigenvalue weighted by atomic mass is 10.0. The summed E-state index contributed by atoms with van der Waals surface area (Å²) in [6, 6.07) is 10.4. The largest absolute Gasteiger partial charge is 0.377 e. The van der Waals surface area contributed by atoms with Crippen molar-refractivity contribution in [1.29, 1.82) is 0 Å². The molecule has 1 atom stereocenters. The highest BCUT2D eigenvalue weighted by atomic mass is 16.5. The van der Waals surface area contributed by atoms with Gasteiger partial charge in [0.25, 0.3) is 0 Å². The fourth-order valence-corrected chi connectivity index (χ4v) is 2.29. The maximum Gasteiger partial charge on any atom is 0.236 e. The Balaban J connectivity index is 2.01. The number of amides is 1. The molecule has 1 amide bonds. The van der Waals surface area contributed by atoms with Crippen LogP contribution in [0.3, 0.4) is 0 Å². The Bertz CT molecular complexity index is 381. The van der Waals surface area contributed by atoms with Crippen LogP contribution in [-0.4, -0.2) is 50.2 Å². The molecule has 1 heterocycles.